The number of rotatable bonds is 8. The predicted molar refractivity (Wildman–Crippen MR) is 114 cm³/mol. The Bertz CT molecular complexity index is 934. The van der Waals surface area contributed by atoms with Crippen molar-refractivity contribution in [1.29, 1.82) is 0 Å². The minimum absolute atomic E-state index is 0.161. The van der Waals surface area contributed by atoms with Crippen LogP contribution in [0.15, 0.2) is 24.3 Å². The second kappa shape index (κ2) is 9.40. The molecular weight excluding hydrogens is 409 g/mol. The molecule has 0 radical (unpaired) electrons. The van der Waals surface area contributed by atoms with Crippen molar-refractivity contribution in [1.82, 2.24) is 9.97 Å². The first-order chi connectivity index (χ1) is 14.7. The second-order valence-electron chi connectivity index (χ2n) is 7.84. The molecule has 1 aromatic carbocycles. The van der Waals surface area contributed by atoms with Crippen LogP contribution in [0.2, 0.25) is 0 Å². The number of nitrogens with two attached hydrogens (primary N) is 2. The maximum Gasteiger partial charge on any atom is 0.418 e. The van der Waals surface area contributed by atoms with E-state index in [0.717, 1.165) is 44.0 Å². The van der Waals surface area contributed by atoms with E-state index in [-0.39, 0.29) is 29.1 Å². The van der Waals surface area contributed by atoms with Gasteiger partial charge in [-0.2, -0.15) is 18.2 Å². The van der Waals surface area contributed by atoms with Gasteiger partial charge in [-0.15, -0.1) is 0 Å². The van der Waals surface area contributed by atoms with Crippen molar-refractivity contribution in [3.8, 4) is 0 Å². The molecule has 1 amide bonds. The Balaban J connectivity index is 1.86. The molecule has 0 spiro atoms. The number of nitrogens with one attached hydrogen (secondary N) is 1. The van der Waals surface area contributed by atoms with E-state index in [0.29, 0.717) is 18.8 Å². The largest absolute Gasteiger partial charge is 0.418 e. The van der Waals surface area contributed by atoms with Gasteiger partial charge in [0, 0.05) is 42.6 Å². The Morgan fingerprint density at radius 2 is 2.06 bits per heavy atom. The zero-order chi connectivity index (χ0) is 22.6. The Labute approximate surface area is 179 Å². The number of anilines is 4. The highest BCUT2D eigenvalue weighted by atomic mass is 19.4. The number of nitrogens with zero attached hydrogens (tertiary/aromatic N) is 3. The van der Waals surface area contributed by atoms with Gasteiger partial charge in [-0.25, -0.2) is 4.98 Å². The Morgan fingerprint density at radius 3 is 2.74 bits per heavy atom. The lowest BCUT2D eigenvalue weighted by Gasteiger charge is -2.19. The molecule has 1 aromatic heterocycles. The average molecular weight is 436 g/mol. The summed E-state index contributed by atoms with van der Waals surface area (Å²) >= 11 is 0. The number of aryl methyl sites for hydroxylation is 1. The van der Waals surface area contributed by atoms with Gasteiger partial charge in [-0.05, 0) is 43.4 Å². The van der Waals surface area contributed by atoms with Gasteiger partial charge >= 0.3 is 6.18 Å². The molecule has 2 aromatic rings. The summed E-state index contributed by atoms with van der Waals surface area (Å²) in [5.74, 6) is 0.737. The van der Waals surface area contributed by atoms with Crippen LogP contribution in [-0.2, 0) is 17.4 Å². The van der Waals surface area contributed by atoms with Crippen LogP contribution in [-0.4, -0.2) is 29.0 Å². The summed E-state index contributed by atoms with van der Waals surface area (Å²) in [5, 5.41) is 2.89. The Hall–Kier alpha value is -3.04. The number of amides is 1. The van der Waals surface area contributed by atoms with E-state index >= 15 is 0 Å². The minimum atomic E-state index is -4.55. The van der Waals surface area contributed by atoms with Gasteiger partial charge in [-0.3, -0.25) is 4.79 Å². The summed E-state index contributed by atoms with van der Waals surface area (Å²) in [6.45, 7) is 3.44. The lowest BCUT2D eigenvalue weighted by atomic mass is 10.1. The van der Waals surface area contributed by atoms with Gasteiger partial charge in [0.2, 0.25) is 11.9 Å². The van der Waals surface area contributed by atoms with Crippen LogP contribution < -0.4 is 21.7 Å². The van der Waals surface area contributed by atoms with Crippen LogP contribution in [0.25, 0.3) is 0 Å². The van der Waals surface area contributed by atoms with Crippen molar-refractivity contribution < 1.29 is 18.0 Å². The highest BCUT2D eigenvalue weighted by Crippen LogP contribution is 2.35. The third-order valence-corrected chi connectivity index (χ3v) is 5.27. The number of alkyl halides is 3. The standard InChI is InChI=1S/C21H27F3N6O/c1-2-3-4-14-11-19(30-8-7-13(12-30)9-18(26)31)29-20(27-14)28-15-5-6-17(25)16(10-15)21(22,23)24/h5-6,10-11,13H,2-4,7-9,12,25H2,1H3,(H2,26,31)(H,27,28,29). The molecule has 0 saturated carbocycles. The van der Waals surface area contributed by atoms with E-state index in [4.69, 9.17) is 11.5 Å². The lowest BCUT2D eigenvalue weighted by molar-refractivity contribution is -0.136. The Kier molecular flexibility index (Phi) is 6.87. The molecule has 3 rings (SSSR count). The van der Waals surface area contributed by atoms with Crippen LogP contribution in [0.4, 0.5) is 36.3 Å². The number of hydrogen-bond acceptors (Lipinski definition) is 6. The summed E-state index contributed by atoms with van der Waals surface area (Å²) in [7, 11) is 0. The van der Waals surface area contributed by atoms with Crippen LogP contribution in [0.5, 0.6) is 0 Å². The number of nitrogen functional groups attached to an aromatic ring is 1. The number of hydrogen-bond donors (Lipinski definition) is 3. The van der Waals surface area contributed by atoms with E-state index < -0.39 is 11.7 Å². The monoisotopic (exact) mass is 436 g/mol. The van der Waals surface area contributed by atoms with E-state index in [9.17, 15) is 18.0 Å². The summed E-state index contributed by atoms with van der Waals surface area (Å²) in [5.41, 5.74) is 10.6. The number of aromatic nitrogens is 2. The SMILES string of the molecule is CCCCc1cc(N2CCC(CC(N)=O)C2)nc(Nc2ccc(N)c(C(F)(F)F)c2)n1. The van der Waals surface area contributed by atoms with Gasteiger partial charge in [0.15, 0.2) is 0 Å². The highest BCUT2D eigenvalue weighted by molar-refractivity contribution is 5.74. The highest BCUT2D eigenvalue weighted by Gasteiger charge is 2.33. The average Bonchev–Trinajstić information content (AvgIpc) is 3.14. The van der Waals surface area contributed by atoms with E-state index in [1.807, 2.05) is 6.07 Å². The van der Waals surface area contributed by atoms with Gasteiger partial charge in [0.25, 0.3) is 0 Å². The summed E-state index contributed by atoms with van der Waals surface area (Å²) in [6, 6.07) is 5.53. The number of unbranched alkanes of at least 4 members (excludes halogenated alkanes) is 1. The maximum absolute atomic E-state index is 13.2. The molecule has 5 N–H and O–H groups in total. The van der Waals surface area contributed by atoms with E-state index in [2.05, 4.69) is 27.1 Å². The first-order valence-corrected chi connectivity index (χ1v) is 10.3. The molecule has 1 aliphatic heterocycles. The van der Waals surface area contributed by atoms with Gasteiger partial charge in [0.05, 0.1) is 5.56 Å². The molecule has 1 fully saturated rings. The molecule has 168 valence electrons. The zero-order valence-electron chi connectivity index (χ0n) is 17.4. The van der Waals surface area contributed by atoms with Crippen LogP contribution in [0.3, 0.4) is 0 Å². The zero-order valence-corrected chi connectivity index (χ0v) is 17.4. The van der Waals surface area contributed by atoms with E-state index in [1.165, 1.54) is 12.1 Å². The maximum atomic E-state index is 13.2. The smallest absolute Gasteiger partial charge is 0.398 e. The molecular formula is C21H27F3N6O. The van der Waals surface area contributed by atoms with Gasteiger partial charge in [0.1, 0.15) is 5.82 Å². The second-order valence-corrected chi connectivity index (χ2v) is 7.84. The molecule has 31 heavy (non-hydrogen) atoms. The molecule has 1 atom stereocenters. The Morgan fingerprint density at radius 1 is 1.29 bits per heavy atom. The topological polar surface area (TPSA) is 110 Å². The number of carbonyl (C=O) groups is 1. The molecule has 0 bridgehead atoms. The first kappa shape index (κ1) is 22.6. The molecule has 0 aliphatic carbocycles. The fraction of sp³-hybridized carbons (Fsp3) is 0.476. The number of halogens is 3. The van der Waals surface area contributed by atoms with Crippen molar-refractivity contribution in [2.75, 3.05) is 29.0 Å². The van der Waals surface area contributed by atoms with Crippen molar-refractivity contribution >= 4 is 29.0 Å². The van der Waals surface area contributed by atoms with Crippen molar-refractivity contribution in [3.63, 3.8) is 0 Å². The fourth-order valence-corrected chi connectivity index (χ4v) is 3.69. The number of primary amides is 1. The normalized spacial score (nSPS) is 16.5. The quantitative estimate of drug-likeness (QED) is 0.542. The number of carbonyl (C=O) groups excluding carboxylic acids is 1. The van der Waals surface area contributed by atoms with Gasteiger partial charge < -0.3 is 21.7 Å². The van der Waals surface area contributed by atoms with Crippen molar-refractivity contribution in [2.45, 2.75) is 45.2 Å². The molecule has 1 aliphatic rings. The van der Waals surface area contributed by atoms with Crippen molar-refractivity contribution in [3.05, 3.63) is 35.5 Å². The lowest BCUT2D eigenvalue weighted by Crippen LogP contribution is -2.23. The van der Waals surface area contributed by atoms with Crippen LogP contribution in [0.1, 0.15) is 43.9 Å². The predicted octanol–water partition coefficient (Wildman–Crippen LogP) is 3.87. The van der Waals surface area contributed by atoms with Crippen LogP contribution in [0, 0.1) is 5.92 Å². The van der Waals surface area contributed by atoms with E-state index in [1.54, 1.807) is 0 Å². The summed E-state index contributed by atoms with van der Waals surface area (Å²) in [4.78, 5) is 22.3. The van der Waals surface area contributed by atoms with Gasteiger partial charge in [-0.1, -0.05) is 13.3 Å². The molecule has 1 saturated heterocycles. The summed E-state index contributed by atoms with van der Waals surface area (Å²) in [6.07, 6.45) is -0.760. The van der Waals surface area contributed by atoms with Crippen LogP contribution >= 0.6 is 0 Å². The summed E-state index contributed by atoms with van der Waals surface area (Å²) < 4.78 is 39.6. The third kappa shape index (κ3) is 5.99. The molecule has 2 heterocycles. The number of benzene rings is 1. The minimum Gasteiger partial charge on any atom is -0.398 e. The molecule has 1 unspecified atom stereocenters. The third-order valence-electron chi connectivity index (χ3n) is 5.27. The van der Waals surface area contributed by atoms with Crippen molar-refractivity contribution in [2.24, 2.45) is 11.7 Å². The molecule has 7 nitrogen and oxygen atoms in total. The fourth-order valence-electron chi connectivity index (χ4n) is 3.69. The first-order valence-electron chi connectivity index (χ1n) is 10.3. The molecule has 10 heteroatoms.